The summed E-state index contributed by atoms with van der Waals surface area (Å²) in [6.07, 6.45) is 7.08. The molecule has 3 heterocycles. The molecule has 0 aromatic carbocycles. The van der Waals surface area contributed by atoms with Gasteiger partial charge in [0, 0.05) is 32.1 Å². The zero-order valence-electron chi connectivity index (χ0n) is 9.84. The number of aromatic nitrogens is 1. The Morgan fingerprint density at radius 3 is 2.71 bits per heavy atom. The van der Waals surface area contributed by atoms with Crippen molar-refractivity contribution in [2.45, 2.75) is 31.7 Å². The van der Waals surface area contributed by atoms with E-state index in [-0.39, 0.29) is 0 Å². The van der Waals surface area contributed by atoms with Crippen molar-refractivity contribution in [1.29, 1.82) is 0 Å². The molecule has 3 rings (SSSR count). The third-order valence-corrected chi connectivity index (χ3v) is 3.71. The lowest BCUT2D eigenvalue weighted by atomic mass is 10.0. The maximum atomic E-state index is 11.7. The number of hydrogen-bond acceptors (Lipinski definition) is 4. The standard InChI is InChI=1S/C12H17N3O2/c16-11-2-1-6-15(11)10-3-7-14(8-4-10)12-13-5-9-17-12/h5,9-10H,1-4,6-8H2. The minimum Gasteiger partial charge on any atom is -0.432 e. The molecule has 0 unspecified atom stereocenters. The van der Waals surface area contributed by atoms with Gasteiger partial charge in [-0.1, -0.05) is 0 Å². The third kappa shape index (κ3) is 2.01. The van der Waals surface area contributed by atoms with Gasteiger partial charge in [-0.2, -0.15) is 0 Å². The lowest BCUT2D eigenvalue weighted by molar-refractivity contribution is -0.130. The first kappa shape index (κ1) is 10.6. The van der Waals surface area contributed by atoms with E-state index in [4.69, 9.17) is 4.42 Å². The second kappa shape index (κ2) is 4.39. The van der Waals surface area contributed by atoms with Crippen LogP contribution in [0.3, 0.4) is 0 Å². The summed E-state index contributed by atoms with van der Waals surface area (Å²) in [6, 6.07) is 1.13. The highest BCUT2D eigenvalue weighted by atomic mass is 16.4. The quantitative estimate of drug-likeness (QED) is 0.774. The Balaban J connectivity index is 1.59. The fraction of sp³-hybridized carbons (Fsp3) is 0.667. The molecule has 1 amide bonds. The molecule has 2 fully saturated rings. The number of nitrogens with zero attached hydrogens (tertiary/aromatic N) is 3. The molecule has 0 spiro atoms. The molecule has 0 bridgehead atoms. The van der Waals surface area contributed by atoms with Crippen LogP contribution >= 0.6 is 0 Å². The van der Waals surface area contributed by atoms with Crippen LogP contribution in [0.15, 0.2) is 16.9 Å². The normalized spacial score (nSPS) is 22.5. The second-order valence-electron chi connectivity index (χ2n) is 4.72. The Kier molecular flexibility index (Phi) is 2.74. The summed E-state index contributed by atoms with van der Waals surface area (Å²) in [5, 5.41) is 0. The van der Waals surface area contributed by atoms with Gasteiger partial charge in [-0.05, 0) is 19.3 Å². The van der Waals surface area contributed by atoms with Gasteiger partial charge in [-0.15, -0.1) is 0 Å². The number of anilines is 1. The topological polar surface area (TPSA) is 49.6 Å². The van der Waals surface area contributed by atoms with E-state index in [0.717, 1.165) is 45.3 Å². The highest BCUT2D eigenvalue weighted by molar-refractivity contribution is 5.78. The number of piperidine rings is 1. The average molecular weight is 235 g/mol. The van der Waals surface area contributed by atoms with E-state index in [0.29, 0.717) is 18.0 Å². The van der Waals surface area contributed by atoms with E-state index < -0.39 is 0 Å². The molecule has 2 aliphatic heterocycles. The van der Waals surface area contributed by atoms with Crippen LogP contribution in [0.4, 0.5) is 6.01 Å². The molecule has 0 atom stereocenters. The number of oxazole rings is 1. The summed E-state index contributed by atoms with van der Waals surface area (Å²) < 4.78 is 5.29. The van der Waals surface area contributed by atoms with Crippen LogP contribution in [0.2, 0.25) is 0 Å². The highest BCUT2D eigenvalue weighted by Gasteiger charge is 2.31. The zero-order valence-corrected chi connectivity index (χ0v) is 9.84. The molecule has 2 saturated heterocycles. The molecule has 17 heavy (non-hydrogen) atoms. The van der Waals surface area contributed by atoms with Gasteiger partial charge in [0.05, 0.1) is 6.20 Å². The molecule has 2 aliphatic rings. The molecular formula is C12H17N3O2. The van der Waals surface area contributed by atoms with E-state index in [1.54, 1.807) is 12.5 Å². The van der Waals surface area contributed by atoms with Crippen molar-refractivity contribution in [3.63, 3.8) is 0 Å². The summed E-state index contributed by atoms with van der Waals surface area (Å²) in [7, 11) is 0. The smallest absolute Gasteiger partial charge is 0.297 e. The van der Waals surface area contributed by atoms with E-state index in [1.807, 2.05) is 0 Å². The van der Waals surface area contributed by atoms with Crippen LogP contribution in [-0.2, 0) is 4.79 Å². The van der Waals surface area contributed by atoms with E-state index in [9.17, 15) is 4.79 Å². The molecule has 1 aromatic rings. The summed E-state index contributed by atoms with van der Waals surface area (Å²) in [5.41, 5.74) is 0. The highest BCUT2D eigenvalue weighted by Crippen LogP contribution is 2.24. The van der Waals surface area contributed by atoms with Gasteiger partial charge in [-0.3, -0.25) is 4.79 Å². The predicted molar refractivity (Wildman–Crippen MR) is 62.7 cm³/mol. The van der Waals surface area contributed by atoms with Crippen LogP contribution in [0.25, 0.3) is 0 Å². The van der Waals surface area contributed by atoms with Crippen molar-refractivity contribution in [1.82, 2.24) is 9.88 Å². The molecule has 0 aliphatic carbocycles. The van der Waals surface area contributed by atoms with Gasteiger partial charge in [0.15, 0.2) is 0 Å². The van der Waals surface area contributed by atoms with Crippen LogP contribution in [0, 0.1) is 0 Å². The van der Waals surface area contributed by atoms with E-state index >= 15 is 0 Å². The van der Waals surface area contributed by atoms with Crippen molar-refractivity contribution in [3.8, 4) is 0 Å². The predicted octanol–water partition coefficient (Wildman–Crippen LogP) is 1.27. The number of carbonyl (C=O) groups excluding carboxylic acids is 1. The number of hydrogen-bond donors (Lipinski definition) is 0. The molecule has 0 N–H and O–H groups in total. The van der Waals surface area contributed by atoms with Gasteiger partial charge in [0.1, 0.15) is 6.26 Å². The zero-order chi connectivity index (χ0) is 11.7. The fourth-order valence-electron chi connectivity index (χ4n) is 2.80. The Bertz CT molecular complexity index is 382. The van der Waals surface area contributed by atoms with Gasteiger partial charge in [-0.25, -0.2) is 4.98 Å². The number of likely N-dealkylation sites (tertiary alicyclic amines) is 1. The van der Waals surface area contributed by atoms with Crippen molar-refractivity contribution < 1.29 is 9.21 Å². The molecule has 0 saturated carbocycles. The monoisotopic (exact) mass is 235 g/mol. The minimum atomic E-state index is 0.333. The lowest BCUT2D eigenvalue weighted by Gasteiger charge is -2.35. The van der Waals surface area contributed by atoms with Gasteiger partial charge < -0.3 is 14.2 Å². The first-order chi connectivity index (χ1) is 8.34. The van der Waals surface area contributed by atoms with Gasteiger partial charge in [0.25, 0.3) is 6.01 Å². The fourth-order valence-corrected chi connectivity index (χ4v) is 2.80. The Morgan fingerprint density at radius 1 is 1.29 bits per heavy atom. The SMILES string of the molecule is O=C1CCCN1C1CCN(c2ncco2)CC1. The number of amides is 1. The molecule has 5 heteroatoms. The van der Waals surface area contributed by atoms with E-state index in [1.165, 1.54) is 0 Å². The van der Waals surface area contributed by atoms with E-state index in [2.05, 4.69) is 14.8 Å². The third-order valence-electron chi connectivity index (χ3n) is 3.71. The maximum Gasteiger partial charge on any atom is 0.297 e. The molecule has 0 radical (unpaired) electrons. The Hall–Kier alpha value is -1.52. The van der Waals surface area contributed by atoms with Crippen molar-refractivity contribution >= 4 is 11.9 Å². The summed E-state index contributed by atoms with van der Waals surface area (Å²) in [6.45, 7) is 2.80. The van der Waals surface area contributed by atoms with Crippen molar-refractivity contribution in [3.05, 3.63) is 12.5 Å². The van der Waals surface area contributed by atoms with Gasteiger partial charge >= 0.3 is 0 Å². The maximum absolute atomic E-state index is 11.7. The second-order valence-corrected chi connectivity index (χ2v) is 4.72. The number of rotatable bonds is 2. The first-order valence-corrected chi connectivity index (χ1v) is 6.28. The molecule has 1 aromatic heterocycles. The number of carbonyl (C=O) groups is 1. The first-order valence-electron chi connectivity index (χ1n) is 6.28. The summed E-state index contributed by atoms with van der Waals surface area (Å²) in [4.78, 5) is 20.0. The largest absolute Gasteiger partial charge is 0.432 e. The summed E-state index contributed by atoms with van der Waals surface area (Å²) in [5.74, 6) is 0.333. The molecule has 5 nitrogen and oxygen atoms in total. The molecule has 92 valence electrons. The summed E-state index contributed by atoms with van der Waals surface area (Å²) >= 11 is 0. The van der Waals surface area contributed by atoms with Crippen molar-refractivity contribution in [2.24, 2.45) is 0 Å². The minimum absolute atomic E-state index is 0.333. The van der Waals surface area contributed by atoms with Crippen LogP contribution in [0.5, 0.6) is 0 Å². The average Bonchev–Trinajstić information content (AvgIpc) is 3.00. The Labute approximate surface area is 100 Å². The van der Waals surface area contributed by atoms with Gasteiger partial charge in [0.2, 0.25) is 5.91 Å². The Morgan fingerprint density at radius 2 is 2.12 bits per heavy atom. The molecular weight excluding hydrogens is 218 g/mol. The van der Waals surface area contributed by atoms with Crippen molar-refractivity contribution in [2.75, 3.05) is 24.5 Å². The lowest BCUT2D eigenvalue weighted by Crippen LogP contribution is -2.45. The van der Waals surface area contributed by atoms with Crippen LogP contribution in [0.1, 0.15) is 25.7 Å². The van der Waals surface area contributed by atoms with Crippen LogP contribution in [-0.4, -0.2) is 41.5 Å². The van der Waals surface area contributed by atoms with Crippen LogP contribution < -0.4 is 4.90 Å².